The van der Waals surface area contributed by atoms with Gasteiger partial charge in [-0.25, -0.2) is 0 Å². The Bertz CT molecular complexity index is 354. The minimum atomic E-state index is 0.327. The second kappa shape index (κ2) is 7.68. The van der Waals surface area contributed by atoms with Crippen molar-refractivity contribution in [3.63, 3.8) is 0 Å². The molecule has 0 amide bonds. The summed E-state index contributed by atoms with van der Waals surface area (Å²) >= 11 is 0. The molecular weight excluding hydrogens is 230 g/mol. The highest BCUT2D eigenvalue weighted by Crippen LogP contribution is 2.13. The van der Waals surface area contributed by atoms with Crippen LogP contribution in [0.4, 0.5) is 11.9 Å². The molecule has 0 fully saturated rings. The van der Waals surface area contributed by atoms with E-state index in [1.165, 1.54) is 0 Å². The topological polar surface area (TPSA) is 72.0 Å². The minimum absolute atomic E-state index is 0.327. The first-order chi connectivity index (χ1) is 8.73. The van der Waals surface area contributed by atoms with Gasteiger partial charge in [-0.2, -0.15) is 15.0 Å². The van der Waals surface area contributed by atoms with Crippen LogP contribution in [0.2, 0.25) is 0 Å². The van der Waals surface area contributed by atoms with Gasteiger partial charge in [-0.3, -0.25) is 0 Å². The first kappa shape index (κ1) is 14.5. The summed E-state index contributed by atoms with van der Waals surface area (Å²) in [4.78, 5) is 12.6. The predicted octanol–water partition coefficient (Wildman–Crippen LogP) is 2.16. The van der Waals surface area contributed by atoms with Gasteiger partial charge in [0, 0.05) is 13.1 Å². The number of rotatable bonds is 8. The van der Waals surface area contributed by atoms with E-state index in [4.69, 9.17) is 4.74 Å². The zero-order valence-electron chi connectivity index (χ0n) is 11.7. The molecule has 6 nitrogen and oxygen atoms in total. The van der Waals surface area contributed by atoms with Crippen LogP contribution in [-0.2, 0) is 0 Å². The fraction of sp³-hybridized carbons (Fsp3) is 0.750. The maximum absolute atomic E-state index is 5.06. The average molecular weight is 253 g/mol. The molecule has 0 saturated heterocycles. The number of nitrogens with zero attached hydrogens (tertiary/aromatic N) is 3. The second-order valence-electron chi connectivity index (χ2n) is 4.06. The van der Waals surface area contributed by atoms with Crippen molar-refractivity contribution < 1.29 is 4.74 Å². The number of hydrogen-bond acceptors (Lipinski definition) is 6. The molecule has 0 unspecified atom stereocenters. The Morgan fingerprint density at radius 2 is 1.61 bits per heavy atom. The molecule has 1 rings (SSSR count). The Morgan fingerprint density at radius 3 is 2.11 bits per heavy atom. The third-order valence-corrected chi connectivity index (χ3v) is 2.84. The Balaban J connectivity index is 2.71. The molecule has 1 aromatic rings. The van der Waals surface area contributed by atoms with Crippen molar-refractivity contribution in [1.82, 2.24) is 15.0 Å². The van der Waals surface area contributed by atoms with Crippen molar-refractivity contribution in [2.24, 2.45) is 5.92 Å². The third kappa shape index (κ3) is 4.35. The molecule has 18 heavy (non-hydrogen) atoms. The number of anilines is 2. The molecule has 0 aliphatic rings. The SMILES string of the molecule is CCNc1nc(NCC(CC)CC)nc(OC)n1. The van der Waals surface area contributed by atoms with Gasteiger partial charge >= 0.3 is 6.01 Å². The van der Waals surface area contributed by atoms with Gasteiger partial charge in [-0.1, -0.05) is 26.7 Å². The Kier molecular flexibility index (Phi) is 6.18. The van der Waals surface area contributed by atoms with Crippen LogP contribution < -0.4 is 15.4 Å². The molecule has 0 aromatic carbocycles. The number of nitrogens with one attached hydrogen (secondary N) is 2. The van der Waals surface area contributed by atoms with Gasteiger partial charge in [0.25, 0.3) is 0 Å². The van der Waals surface area contributed by atoms with Gasteiger partial charge < -0.3 is 15.4 Å². The van der Waals surface area contributed by atoms with E-state index in [2.05, 4.69) is 39.4 Å². The molecule has 0 atom stereocenters. The molecule has 6 heteroatoms. The summed E-state index contributed by atoms with van der Waals surface area (Å²) in [5, 5.41) is 6.29. The Morgan fingerprint density at radius 1 is 1.00 bits per heavy atom. The van der Waals surface area contributed by atoms with Crippen molar-refractivity contribution in [2.45, 2.75) is 33.6 Å². The Labute approximate surface area is 109 Å². The van der Waals surface area contributed by atoms with E-state index in [-0.39, 0.29) is 0 Å². The lowest BCUT2D eigenvalue weighted by Crippen LogP contribution is -2.16. The molecule has 0 aliphatic heterocycles. The highest BCUT2D eigenvalue weighted by molar-refractivity contribution is 5.35. The lowest BCUT2D eigenvalue weighted by Gasteiger charge is -2.13. The van der Waals surface area contributed by atoms with Crippen molar-refractivity contribution in [1.29, 1.82) is 0 Å². The van der Waals surface area contributed by atoms with Crippen LogP contribution >= 0.6 is 0 Å². The normalized spacial score (nSPS) is 10.5. The fourth-order valence-corrected chi connectivity index (χ4v) is 1.58. The number of aromatic nitrogens is 3. The van der Waals surface area contributed by atoms with Crippen LogP contribution in [0.3, 0.4) is 0 Å². The minimum Gasteiger partial charge on any atom is -0.467 e. The van der Waals surface area contributed by atoms with Crippen LogP contribution in [-0.4, -0.2) is 35.2 Å². The summed E-state index contributed by atoms with van der Waals surface area (Å²) < 4.78 is 5.06. The first-order valence-corrected chi connectivity index (χ1v) is 6.51. The molecule has 0 saturated carbocycles. The van der Waals surface area contributed by atoms with E-state index in [0.717, 1.165) is 25.9 Å². The van der Waals surface area contributed by atoms with Gasteiger partial charge in [0.05, 0.1) is 7.11 Å². The largest absolute Gasteiger partial charge is 0.467 e. The monoisotopic (exact) mass is 253 g/mol. The van der Waals surface area contributed by atoms with E-state index in [1.807, 2.05) is 6.92 Å². The molecule has 2 N–H and O–H groups in total. The predicted molar refractivity (Wildman–Crippen MR) is 73.1 cm³/mol. The van der Waals surface area contributed by atoms with E-state index in [0.29, 0.717) is 23.8 Å². The molecule has 102 valence electrons. The van der Waals surface area contributed by atoms with Gasteiger partial charge in [0.1, 0.15) is 0 Å². The summed E-state index contributed by atoms with van der Waals surface area (Å²) in [6.07, 6.45) is 2.29. The molecule has 0 bridgehead atoms. The quantitative estimate of drug-likeness (QED) is 0.739. The van der Waals surface area contributed by atoms with E-state index in [1.54, 1.807) is 7.11 Å². The number of ether oxygens (including phenoxy) is 1. The van der Waals surface area contributed by atoms with Crippen molar-refractivity contribution in [3.8, 4) is 6.01 Å². The summed E-state index contributed by atoms with van der Waals surface area (Å²) in [7, 11) is 1.55. The van der Waals surface area contributed by atoms with Crippen LogP contribution in [0, 0.1) is 5.92 Å². The van der Waals surface area contributed by atoms with Gasteiger partial charge in [-0.05, 0) is 12.8 Å². The highest BCUT2D eigenvalue weighted by atomic mass is 16.5. The smallest absolute Gasteiger partial charge is 0.322 e. The second-order valence-corrected chi connectivity index (χ2v) is 4.06. The van der Waals surface area contributed by atoms with Crippen molar-refractivity contribution in [2.75, 3.05) is 30.8 Å². The van der Waals surface area contributed by atoms with Gasteiger partial charge in [-0.15, -0.1) is 0 Å². The zero-order chi connectivity index (χ0) is 13.4. The standard InChI is InChI=1S/C12H23N5O/c1-5-9(6-2)8-14-11-15-10(13-7-3)16-12(17-11)18-4/h9H,5-8H2,1-4H3,(H2,13,14,15,16,17). The van der Waals surface area contributed by atoms with Crippen LogP contribution in [0.5, 0.6) is 6.01 Å². The van der Waals surface area contributed by atoms with Gasteiger partial charge in [0.15, 0.2) is 0 Å². The number of methoxy groups -OCH3 is 1. The van der Waals surface area contributed by atoms with E-state index in [9.17, 15) is 0 Å². The zero-order valence-corrected chi connectivity index (χ0v) is 11.7. The summed E-state index contributed by atoms with van der Waals surface area (Å²) in [6.45, 7) is 8.00. The summed E-state index contributed by atoms with van der Waals surface area (Å²) in [5.74, 6) is 1.73. The third-order valence-electron chi connectivity index (χ3n) is 2.84. The Hall–Kier alpha value is -1.59. The van der Waals surface area contributed by atoms with E-state index >= 15 is 0 Å². The summed E-state index contributed by atoms with van der Waals surface area (Å²) in [6, 6.07) is 0.327. The average Bonchev–Trinajstić information content (AvgIpc) is 2.40. The van der Waals surface area contributed by atoms with Crippen LogP contribution in [0.25, 0.3) is 0 Å². The molecule has 0 spiro atoms. The van der Waals surface area contributed by atoms with Crippen molar-refractivity contribution in [3.05, 3.63) is 0 Å². The lowest BCUT2D eigenvalue weighted by molar-refractivity contribution is 0.379. The van der Waals surface area contributed by atoms with Crippen molar-refractivity contribution >= 4 is 11.9 Å². The van der Waals surface area contributed by atoms with E-state index < -0.39 is 0 Å². The summed E-state index contributed by atoms with van der Waals surface area (Å²) in [5.41, 5.74) is 0. The molecule has 1 heterocycles. The van der Waals surface area contributed by atoms with Crippen LogP contribution in [0.1, 0.15) is 33.6 Å². The maximum atomic E-state index is 5.06. The maximum Gasteiger partial charge on any atom is 0.322 e. The highest BCUT2D eigenvalue weighted by Gasteiger charge is 2.08. The molecule has 0 radical (unpaired) electrons. The number of hydrogen-bond donors (Lipinski definition) is 2. The van der Waals surface area contributed by atoms with Gasteiger partial charge in [0.2, 0.25) is 11.9 Å². The molecule has 1 aromatic heterocycles. The fourth-order valence-electron chi connectivity index (χ4n) is 1.58. The molecular formula is C12H23N5O. The molecule has 0 aliphatic carbocycles. The lowest BCUT2D eigenvalue weighted by atomic mass is 10.0. The first-order valence-electron chi connectivity index (χ1n) is 6.51. The van der Waals surface area contributed by atoms with Crippen LogP contribution in [0.15, 0.2) is 0 Å².